The van der Waals surface area contributed by atoms with Gasteiger partial charge in [-0.2, -0.15) is 0 Å². The maximum Gasteiger partial charge on any atom is 0.0693 e. The molecule has 122 valence electrons. The normalized spacial score (nSPS) is 10.9. The van der Waals surface area contributed by atoms with E-state index in [0.29, 0.717) is 0 Å². The van der Waals surface area contributed by atoms with E-state index >= 15 is 0 Å². The Morgan fingerprint density at radius 3 is 1.25 bits per heavy atom. The van der Waals surface area contributed by atoms with Crippen molar-refractivity contribution in [3.8, 4) is 22.3 Å². The number of aliphatic hydroxyl groups excluding tert-OH is 1. The van der Waals surface area contributed by atoms with E-state index in [-0.39, 0.29) is 6.61 Å². The van der Waals surface area contributed by atoms with Crippen molar-refractivity contribution >= 4 is 0 Å². The second-order valence-corrected chi connectivity index (χ2v) is 6.52. The van der Waals surface area contributed by atoms with Gasteiger partial charge in [-0.1, -0.05) is 54.6 Å². The van der Waals surface area contributed by atoms with Gasteiger partial charge in [0.1, 0.15) is 0 Å². The van der Waals surface area contributed by atoms with Gasteiger partial charge in [-0.3, -0.25) is 0 Å². The third-order valence-corrected chi connectivity index (χ3v) is 4.84. The molecule has 0 unspecified atom stereocenters. The molecule has 0 heterocycles. The highest BCUT2D eigenvalue weighted by atomic mass is 16.3. The minimum absolute atomic E-state index is 0.0348. The van der Waals surface area contributed by atoms with Gasteiger partial charge in [0.15, 0.2) is 0 Å². The van der Waals surface area contributed by atoms with Crippen LogP contribution in [-0.2, 0) is 6.61 Å². The van der Waals surface area contributed by atoms with Crippen LogP contribution in [-0.4, -0.2) is 5.11 Å². The largest absolute Gasteiger partial charge is 0.392 e. The third kappa shape index (κ3) is 2.76. The van der Waals surface area contributed by atoms with E-state index in [4.69, 9.17) is 0 Å². The van der Waals surface area contributed by atoms with Crippen molar-refractivity contribution in [1.29, 1.82) is 0 Å². The number of hydrogen-bond donors (Lipinski definition) is 1. The Labute approximate surface area is 144 Å². The van der Waals surface area contributed by atoms with E-state index in [2.05, 4.69) is 82.3 Å². The molecule has 0 aromatic heterocycles. The van der Waals surface area contributed by atoms with Crippen molar-refractivity contribution in [1.82, 2.24) is 0 Å². The summed E-state index contributed by atoms with van der Waals surface area (Å²) in [6, 6.07) is 19.1. The minimum Gasteiger partial charge on any atom is -0.392 e. The highest BCUT2D eigenvalue weighted by molar-refractivity contribution is 5.83. The zero-order valence-electron chi connectivity index (χ0n) is 14.9. The third-order valence-electron chi connectivity index (χ3n) is 4.84. The number of aliphatic hydroxyl groups is 1. The maximum atomic E-state index is 10.2. The summed E-state index contributed by atoms with van der Waals surface area (Å²) in [5.74, 6) is 0. The molecule has 1 N–H and O–H groups in total. The molecule has 0 amide bonds. The standard InChI is InChI=1S/C23H24O/c1-15-8-5-9-16(2)22(15)19-12-7-13-20(21(19)14-24)23-17(3)10-6-11-18(23)4/h5-13,24H,14H2,1-4H3. The molecule has 0 aliphatic carbocycles. The van der Waals surface area contributed by atoms with Crippen LogP contribution in [0.15, 0.2) is 54.6 Å². The summed E-state index contributed by atoms with van der Waals surface area (Å²) < 4.78 is 0. The molecule has 24 heavy (non-hydrogen) atoms. The van der Waals surface area contributed by atoms with Crippen LogP contribution >= 0.6 is 0 Å². The first-order chi connectivity index (χ1) is 11.5. The van der Waals surface area contributed by atoms with Crippen LogP contribution in [0.3, 0.4) is 0 Å². The van der Waals surface area contributed by atoms with Crippen molar-refractivity contribution < 1.29 is 5.11 Å². The highest BCUT2D eigenvalue weighted by Crippen LogP contribution is 2.37. The predicted molar refractivity (Wildman–Crippen MR) is 102 cm³/mol. The molecule has 3 aromatic carbocycles. The van der Waals surface area contributed by atoms with Gasteiger partial charge < -0.3 is 5.11 Å². The summed E-state index contributed by atoms with van der Waals surface area (Å²) in [5, 5.41) is 10.2. The molecule has 0 bridgehead atoms. The van der Waals surface area contributed by atoms with Crippen molar-refractivity contribution in [2.75, 3.05) is 0 Å². The van der Waals surface area contributed by atoms with E-state index in [1.165, 1.54) is 33.4 Å². The van der Waals surface area contributed by atoms with Crippen LogP contribution < -0.4 is 0 Å². The van der Waals surface area contributed by atoms with Crippen LogP contribution in [0.4, 0.5) is 0 Å². The molecular formula is C23H24O. The summed E-state index contributed by atoms with van der Waals surface area (Å²) in [7, 11) is 0. The molecule has 0 spiro atoms. The van der Waals surface area contributed by atoms with Crippen LogP contribution in [0.1, 0.15) is 27.8 Å². The Hall–Kier alpha value is -2.38. The van der Waals surface area contributed by atoms with Gasteiger partial charge in [-0.25, -0.2) is 0 Å². The molecule has 0 aliphatic heterocycles. The molecule has 3 rings (SSSR count). The molecule has 0 radical (unpaired) electrons. The van der Waals surface area contributed by atoms with Gasteiger partial charge in [0.25, 0.3) is 0 Å². The van der Waals surface area contributed by atoms with Gasteiger partial charge in [-0.05, 0) is 77.8 Å². The Kier molecular flexibility index (Phi) is 4.55. The number of hydrogen-bond acceptors (Lipinski definition) is 1. The second-order valence-electron chi connectivity index (χ2n) is 6.52. The van der Waals surface area contributed by atoms with E-state index in [0.717, 1.165) is 16.7 Å². The first-order valence-corrected chi connectivity index (χ1v) is 8.40. The lowest BCUT2D eigenvalue weighted by Gasteiger charge is -2.19. The molecule has 1 heteroatoms. The average Bonchev–Trinajstić information content (AvgIpc) is 2.55. The van der Waals surface area contributed by atoms with Crippen molar-refractivity contribution in [2.24, 2.45) is 0 Å². The van der Waals surface area contributed by atoms with Gasteiger partial charge in [0.2, 0.25) is 0 Å². The number of rotatable bonds is 3. The quantitative estimate of drug-likeness (QED) is 0.652. The van der Waals surface area contributed by atoms with E-state index in [1.54, 1.807) is 0 Å². The smallest absolute Gasteiger partial charge is 0.0693 e. The summed E-state index contributed by atoms with van der Waals surface area (Å²) in [5.41, 5.74) is 10.7. The van der Waals surface area contributed by atoms with Crippen LogP contribution in [0.25, 0.3) is 22.3 Å². The zero-order chi connectivity index (χ0) is 17.3. The maximum absolute atomic E-state index is 10.2. The molecule has 0 saturated heterocycles. The first kappa shape index (κ1) is 16.5. The molecule has 3 aromatic rings. The average molecular weight is 316 g/mol. The van der Waals surface area contributed by atoms with Crippen LogP contribution in [0.5, 0.6) is 0 Å². The highest BCUT2D eigenvalue weighted by Gasteiger charge is 2.16. The summed E-state index contributed by atoms with van der Waals surface area (Å²) in [4.78, 5) is 0. The van der Waals surface area contributed by atoms with Crippen molar-refractivity contribution in [3.05, 3.63) is 82.4 Å². The Morgan fingerprint density at radius 1 is 0.583 bits per heavy atom. The fourth-order valence-electron chi connectivity index (χ4n) is 3.70. The molecule has 0 saturated carbocycles. The van der Waals surface area contributed by atoms with Crippen LogP contribution in [0, 0.1) is 27.7 Å². The molecule has 1 nitrogen and oxygen atoms in total. The Balaban J connectivity index is 2.33. The lowest BCUT2D eigenvalue weighted by Crippen LogP contribution is -1.99. The van der Waals surface area contributed by atoms with Crippen molar-refractivity contribution in [2.45, 2.75) is 34.3 Å². The van der Waals surface area contributed by atoms with E-state index in [9.17, 15) is 5.11 Å². The zero-order valence-corrected chi connectivity index (χ0v) is 14.9. The predicted octanol–water partition coefficient (Wildman–Crippen LogP) is 5.75. The number of benzene rings is 3. The van der Waals surface area contributed by atoms with Crippen molar-refractivity contribution in [3.63, 3.8) is 0 Å². The monoisotopic (exact) mass is 316 g/mol. The van der Waals surface area contributed by atoms with E-state index < -0.39 is 0 Å². The van der Waals surface area contributed by atoms with Crippen LogP contribution in [0.2, 0.25) is 0 Å². The molecule has 0 aliphatic rings. The van der Waals surface area contributed by atoms with Gasteiger partial charge in [-0.15, -0.1) is 0 Å². The fraction of sp³-hybridized carbons (Fsp3) is 0.217. The molecular weight excluding hydrogens is 292 g/mol. The Bertz CT molecular complexity index is 780. The lowest BCUT2D eigenvalue weighted by molar-refractivity contribution is 0.283. The lowest BCUT2D eigenvalue weighted by atomic mass is 9.86. The minimum atomic E-state index is 0.0348. The van der Waals surface area contributed by atoms with Gasteiger partial charge >= 0.3 is 0 Å². The Morgan fingerprint density at radius 2 is 0.917 bits per heavy atom. The molecule has 0 atom stereocenters. The van der Waals surface area contributed by atoms with Gasteiger partial charge in [0, 0.05) is 0 Å². The SMILES string of the molecule is Cc1cccc(C)c1-c1cccc(-c2c(C)cccc2C)c1CO. The van der Waals surface area contributed by atoms with E-state index in [1.807, 2.05) is 0 Å². The summed E-state index contributed by atoms with van der Waals surface area (Å²) >= 11 is 0. The topological polar surface area (TPSA) is 20.2 Å². The summed E-state index contributed by atoms with van der Waals surface area (Å²) in [6.45, 7) is 8.57. The van der Waals surface area contributed by atoms with Gasteiger partial charge in [0.05, 0.1) is 6.61 Å². The molecule has 0 fully saturated rings. The second kappa shape index (κ2) is 6.62. The first-order valence-electron chi connectivity index (χ1n) is 8.40. The number of aryl methyl sites for hydroxylation is 4. The fourth-order valence-corrected chi connectivity index (χ4v) is 3.70. The summed E-state index contributed by atoms with van der Waals surface area (Å²) in [6.07, 6.45) is 0.